The molecule has 4 rings (SSSR count). The summed E-state index contributed by atoms with van der Waals surface area (Å²) in [6, 6.07) is 0. The molecule has 11 atom stereocenters. The number of carbonyl (C=O) groups excluding carboxylic acids is 1. The van der Waals surface area contributed by atoms with Crippen molar-refractivity contribution in [1.82, 2.24) is 0 Å². The number of hydrogen-bond donors (Lipinski definition) is 3. The van der Waals surface area contributed by atoms with E-state index in [1.807, 2.05) is 0 Å². The minimum Gasteiger partial charge on any atom is -0.457 e. The Kier molecular flexibility index (Phi) is 8.46. The number of carbonyl (C=O) groups is 1. The van der Waals surface area contributed by atoms with E-state index >= 15 is 0 Å². The second kappa shape index (κ2) is 10.6. The van der Waals surface area contributed by atoms with Crippen molar-refractivity contribution in [1.29, 1.82) is 0 Å². The minimum absolute atomic E-state index is 0.0153. The van der Waals surface area contributed by atoms with Crippen LogP contribution in [-0.4, -0.2) is 57.9 Å². The van der Waals surface area contributed by atoms with E-state index in [9.17, 15) is 20.1 Å². The molecule has 0 amide bonds. The van der Waals surface area contributed by atoms with Crippen LogP contribution in [0.5, 0.6) is 0 Å². The molecule has 4 fully saturated rings. The molecule has 0 bridgehead atoms. The number of rotatable bonds is 7. The van der Waals surface area contributed by atoms with Gasteiger partial charge in [-0.25, -0.2) is 0 Å². The van der Waals surface area contributed by atoms with Crippen LogP contribution in [-0.2, 0) is 14.3 Å². The fourth-order valence-electron chi connectivity index (χ4n) is 10.3. The molecule has 4 unspecified atom stereocenters. The first-order valence-corrected chi connectivity index (χ1v) is 15.4. The average molecular weight is 537 g/mol. The lowest BCUT2D eigenvalue weighted by Gasteiger charge is -2.56. The Morgan fingerprint density at radius 3 is 2.39 bits per heavy atom. The Labute approximate surface area is 231 Å². The van der Waals surface area contributed by atoms with E-state index in [1.165, 1.54) is 13.3 Å². The van der Waals surface area contributed by atoms with Crippen molar-refractivity contribution in [2.45, 2.75) is 143 Å². The standard InChI is InChI=1S/C32H56O6/c1-19-11-14-26(35)29(4,5)23(19)13-12-22-10-9-15-31(8)27-20(2)16-24(28(30(6,7)36)37-21(3)34)38-25(27)17-32(22,31)18-33/h19-20,22-28,33,35-36H,9-18H2,1-8H3/t19?,20-,22+,23?,24-,25?,26+,27?,28+,31-,32-/m1/s1. The number of fused-ring (bicyclic) bond motifs is 3. The summed E-state index contributed by atoms with van der Waals surface area (Å²) in [5.74, 6) is 1.77. The van der Waals surface area contributed by atoms with E-state index in [0.29, 0.717) is 29.6 Å². The van der Waals surface area contributed by atoms with E-state index in [4.69, 9.17) is 9.47 Å². The Morgan fingerprint density at radius 2 is 1.79 bits per heavy atom. The van der Waals surface area contributed by atoms with Gasteiger partial charge in [-0.1, -0.05) is 41.0 Å². The monoisotopic (exact) mass is 536 g/mol. The lowest BCUT2D eigenvalue weighted by molar-refractivity contribution is -0.208. The van der Waals surface area contributed by atoms with Crippen molar-refractivity contribution < 1.29 is 29.6 Å². The SMILES string of the molecule is CC(=O)O[C@@H]([C@H]1C[C@@H](C)C2C(C[C@@]3(CO)[C@H](CCC4C(C)CC[C@H](O)C4(C)C)CCC[C@]23C)O1)C(C)(C)O. The second-order valence-electron chi connectivity index (χ2n) is 15.2. The fourth-order valence-corrected chi connectivity index (χ4v) is 10.3. The molecule has 1 saturated heterocycles. The quantitative estimate of drug-likeness (QED) is 0.372. The molecule has 3 N–H and O–H groups in total. The zero-order valence-electron chi connectivity index (χ0n) is 25.3. The summed E-state index contributed by atoms with van der Waals surface area (Å²) >= 11 is 0. The van der Waals surface area contributed by atoms with Gasteiger partial charge in [0.2, 0.25) is 0 Å². The zero-order valence-corrected chi connectivity index (χ0v) is 25.3. The maximum Gasteiger partial charge on any atom is 0.303 e. The van der Waals surface area contributed by atoms with Crippen molar-refractivity contribution in [3.8, 4) is 0 Å². The molecule has 0 aromatic rings. The summed E-state index contributed by atoms with van der Waals surface area (Å²) in [6.45, 7) is 16.5. The van der Waals surface area contributed by atoms with Gasteiger partial charge in [0, 0.05) is 18.9 Å². The summed E-state index contributed by atoms with van der Waals surface area (Å²) < 4.78 is 12.4. The van der Waals surface area contributed by atoms with E-state index in [-0.39, 0.29) is 41.2 Å². The van der Waals surface area contributed by atoms with Crippen molar-refractivity contribution in [3.63, 3.8) is 0 Å². The smallest absolute Gasteiger partial charge is 0.303 e. The van der Waals surface area contributed by atoms with Gasteiger partial charge in [-0.05, 0) is 106 Å². The molecule has 0 aromatic carbocycles. The first-order chi connectivity index (χ1) is 17.6. The van der Waals surface area contributed by atoms with Crippen molar-refractivity contribution >= 4 is 5.97 Å². The average Bonchev–Trinajstić information content (AvgIpc) is 3.08. The number of hydrogen-bond acceptors (Lipinski definition) is 6. The van der Waals surface area contributed by atoms with Gasteiger partial charge in [0.1, 0.15) is 0 Å². The third-order valence-electron chi connectivity index (χ3n) is 12.3. The molecule has 220 valence electrons. The Morgan fingerprint density at radius 1 is 1.11 bits per heavy atom. The number of aliphatic hydroxyl groups is 3. The maximum atomic E-state index is 11.9. The van der Waals surface area contributed by atoms with Crippen LogP contribution >= 0.6 is 0 Å². The van der Waals surface area contributed by atoms with Gasteiger partial charge in [-0.2, -0.15) is 0 Å². The lowest BCUT2D eigenvalue weighted by atomic mass is 9.49. The lowest BCUT2D eigenvalue weighted by Crippen LogP contribution is -2.55. The van der Waals surface area contributed by atoms with Crippen molar-refractivity contribution in [3.05, 3.63) is 0 Å². The van der Waals surface area contributed by atoms with Gasteiger partial charge in [-0.15, -0.1) is 0 Å². The third kappa shape index (κ3) is 4.99. The number of esters is 1. The summed E-state index contributed by atoms with van der Waals surface area (Å²) in [5, 5.41) is 32.8. The maximum absolute atomic E-state index is 11.9. The molecule has 1 heterocycles. The van der Waals surface area contributed by atoms with Gasteiger partial charge in [0.05, 0.1) is 23.9 Å². The molecule has 38 heavy (non-hydrogen) atoms. The van der Waals surface area contributed by atoms with Crippen LogP contribution in [0.3, 0.4) is 0 Å². The minimum atomic E-state index is -1.20. The molecule has 4 aliphatic rings. The van der Waals surface area contributed by atoms with Gasteiger partial charge < -0.3 is 24.8 Å². The van der Waals surface area contributed by atoms with E-state index < -0.39 is 17.7 Å². The molecule has 1 aliphatic heterocycles. The highest BCUT2D eigenvalue weighted by atomic mass is 16.6. The summed E-state index contributed by atoms with van der Waals surface area (Å²) in [4.78, 5) is 11.9. The Balaban J connectivity index is 1.58. The van der Waals surface area contributed by atoms with Gasteiger partial charge in [0.25, 0.3) is 0 Å². The van der Waals surface area contributed by atoms with Crippen LogP contribution in [0.25, 0.3) is 0 Å². The molecule has 6 heteroatoms. The number of aliphatic hydroxyl groups excluding tert-OH is 2. The molecule has 0 radical (unpaired) electrons. The highest BCUT2D eigenvalue weighted by Gasteiger charge is 2.67. The Hall–Kier alpha value is -0.690. The second-order valence-corrected chi connectivity index (χ2v) is 15.2. The topological polar surface area (TPSA) is 96.2 Å². The zero-order chi connectivity index (χ0) is 28.3. The molecular formula is C32H56O6. The Bertz CT molecular complexity index is 849. The van der Waals surface area contributed by atoms with Crippen molar-refractivity contribution in [2.24, 2.45) is 45.8 Å². The van der Waals surface area contributed by atoms with E-state index in [0.717, 1.165) is 51.4 Å². The highest BCUT2D eigenvalue weighted by Crippen LogP contribution is 2.69. The normalized spacial score (nSPS) is 45.7. The largest absolute Gasteiger partial charge is 0.457 e. The van der Waals surface area contributed by atoms with Gasteiger partial charge in [-0.3, -0.25) is 4.79 Å². The van der Waals surface area contributed by atoms with E-state index in [1.54, 1.807) is 13.8 Å². The van der Waals surface area contributed by atoms with Crippen LogP contribution < -0.4 is 0 Å². The summed E-state index contributed by atoms with van der Waals surface area (Å²) in [5.41, 5.74) is -1.50. The summed E-state index contributed by atoms with van der Waals surface area (Å²) in [7, 11) is 0. The predicted octanol–water partition coefficient (Wildman–Crippen LogP) is 5.50. The molecule has 6 nitrogen and oxygen atoms in total. The first-order valence-electron chi connectivity index (χ1n) is 15.4. The van der Waals surface area contributed by atoms with Crippen LogP contribution in [0.15, 0.2) is 0 Å². The van der Waals surface area contributed by atoms with Gasteiger partial charge in [0.15, 0.2) is 6.10 Å². The third-order valence-corrected chi connectivity index (χ3v) is 12.3. The van der Waals surface area contributed by atoms with Crippen LogP contribution in [0, 0.1) is 45.8 Å². The van der Waals surface area contributed by atoms with Crippen LogP contribution in [0.2, 0.25) is 0 Å². The molecule has 0 spiro atoms. The van der Waals surface area contributed by atoms with Gasteiger partial charge >= 0.3 is 5.97 Å². The number of ether oxygens (including phenoxy) is 2. The first kappa shape index (κ1) is 30.3. The highest BCUT2D eigenvalue weighted by molar-refractivity contribution is 5.66. The molecule has 3 aliphatic carbocycles. The molecule has 0 aromatic heterocycles. The van der Waals surface area contributed by atoms with E-state index in [2.05, 4.69) is 34.6 Å². The van der Waals surface area contributed by atoms with Crippen LogP contribution in [0.1, 0.15) is 113 Å². The van der Waals surface area contributed by atoms with Crippen molar-refractivity contribution in [2.75, 3.05) is 6.61 Å². The fraction of sp³-hybridized carbons (Fsp3) is 0.969. The summed E-state index contributed by atoms with van der Waals surface area (Å²) in [6.07, 6.45) is 7.78. The molecule has 3 saturated carbocycles. The van der Waals surface area contributed by atoms with Crippen LogP contribution in [0.4, 0.5) is 0 Å². The molecular weight excluding hydrogens is 480 g/mol. The predicted molar refractivity (Wildman–Crippen MR) is 148 cm³/mol.